The maximum atomic E-state index is 13.2. The molecule has 28 heavy (non-hydrogen) atoms. The molecule has 0 radical (unpaired) electrons. The summed E-state index contributed by atoms with van der Waals surface area (Å²) in [6.07, 6.45) is 0. The smallest absolute Gasteiger partial charge is 0.255 e. The molecule has 1 heterocycles. The summed E-state index contributed by atoms with van der Waals surface area (Å²) in [6.45, 7) is 0.713. The predicted molar refractivity (Wildman–Crippen MR) is 109 cm³/mol. The lowest BCUT2D eigenvalue weighted by Crippen LogP contribution is -2.40. The van der Waals surface area contributed by atoms with Crippen LogP contribution in [0.15, 0.2) is 78.9 Å². The summed E-state index contributed by atoms with van der Waals surface area (Å²) >= 11 is 6.20. The van der Waals surface area contributed by atoms with E-state index in [4.69, 9.17) is 11.6 Å². The molecule has 4 rings (SSSR count). The minimum Gasteiger partial charge on any atom is -0.350 e. The minimum absolute atomic E-state index is 0.127. The second kappa shape index (κ2) is 7.87. The number of hydrogen-bond donors (Lipinski definition) is 1. The van der Waals surface area contributed by atoms with E-state index in [9.17, 15) is 9.59 Å². The van der Waals surface area contributed by atoms with Gasteiger partial charge in [0, 0.05) is 23.7 Å². The van der Waals surface area contributed by atoms with E-state index in [2.05, 4.69) is 5.32 Å². The summed E-state index contributed by atoms with van der Waals surface area (Å²) < 4.78 is 0. The predicted octanol–water partition coefficient (Wildman–Crippen LogP) is 4.35. The normalized spacial score (nSPS) is 13.9. The number of carbonyl (C=O) groups excluding carboxylic acids is 2. The zero-order valence-corrected chi connectivity index (χ0v) is 15.9. The third kappa shape index (κ3) is 3.51. The zero-order chi connectivity index (χ0) is 19.5. The summed E-state index contributed by atoms with van der Waals surface area (Å²) in [5.41, 5.74) is 3.20. The van der Waals surface area contributed by atoms with Crippen molar-refractivity contribution in [3.63, 3.8) is 0 Å². The van der Waals surface area contributed by atoms with E-state index in [1.165, 1.54) is 0 Å². The van der Waals surface area contributed by atoms with Gasteiger partial charge in [0.15, 0.2) is 0 Å². The number of halogens is 1. The number of rotatable bonds is 5. The Balaban J connectivity index is 1.61. The van der Waals surface area contributed by atoms with Gasteiger partial charge in [-0.2, -0.15) is 0 Å². The van der Waals surface area contributed by atoms with Crippen LogP contribution < -0.4 is 5.32 Å². The van der Waals surface area contributed by atoms with Gasteiger partial charge in [-0.3, -0.25) is 9.59 Å². The summed E-state index contributed by atoms with van der Waals surface area (Å²) in [5.74, 6) is -0.357. The molecule has 0 saturated heterocycles. The fourth-order valence-electron chi connectivity index (χ4n) is 3.51. The Morgan fingerprint density at radius 2 is 1.64 bits per heavy atom. The lowest BCUT2D eigenvalue weighted by molar-refractivity contribution is -0.126. The third-order valence-electron chi connectivity index (χ3n) is 4.94. The summed E-state index contributed by atoms with van der Waals surface area (Å²) in [6, 6.07) is 23.5. The highest BCUT2D eigenvalue weighted by atomic mass is 35.5. The standard InChI is InChI=1S/C23H19ClN2O2/c24-20-13-7-5-10-17(20)14-25-22(27)21(16-8-2-1-3-9-16)26-15-18-11-4-6-12-19(18)23(26)28/h1-13,21H,14-15H2,(H,25,27). The van der Waals surface area contributed by atoms with E-state index in [-0.39, 0.29) is 11.8 Å². The highest BCUT2D eigenvalue weighted by Crippen LogP contribution is 2.31. The van der Waals surface area contributed by atoms with Crippen LogP contribution in [0.25, 0.3) is 0 Å². The van der Waals surface area contributed by atoms with Crippen LogP contribution in [0.3, 0.4) is 0 Å². The maximum Gasteiger partial charge on any atom is 0.255 e. The Kier molecular flexibility index (Phi) is 5.13. The second-order valence-corrected chi connectivity index (χ2v) is 7.12. The van der Waals surface area contributed by atoms with E-state index in [0.717, 1.165) is 16.7 Å². The highest BCUT2D eigenvalue weighted by Gasteiger charge is 2.37. The molecule has 3 aromatic rings. The molecule has 1 N–H and O–H groups in total. The Hall–Kier alpha value is -3.11. The lowest BCUT2D eigenvalue weighted by atomic mass is 10.0. The van der Waals surface area contributed by atoms with Crippen LogP contribution >= 0.6 is 11.6 Å². The topological polar surface area (TPSA) is 49.4 Å². The lowest BCUT2D eigenvalue weighted by Gasteiger charge is -2.27. The number of fused-ring (bicyclic) bond motifs is 1. The Morgan fingerprint density at radius 1 is 0.964 bits per heavy atom. The minimum atomic E-state index is -0.705. The highest BCUT2D eigenvalue weighted by molar-refractivity contribution is 6.31. The molecule has 5 heteroatoms. The molecule has 0 bridgehead atoms. The molecule has 4 nitrogen and oxygen atoms in total. The van der Waals surface area contributed by atoms with Crippen molar-refractivity contribution in [1.29, 1.82) is 0 Å². The van der Waals surface area contributed by atoms with Crippen molar-refractivity contribution in [3.05, 3.63) is 106 Å². The fraction of sp³-hybridized carbons (Fsp3) is 0.130. The second-order valence-electron chi connectivity index (χ2n) is 6.71. The molecule has 2 amide bonds. The Morgan fingerprint density at radius 3 is 2.39 bits per heavy atom. The van der Waals surface area contributed by atoms with Gasteiger partial charge in [-0.25, -0.2) is 0 Å². The van der Waals surface area contributed by atoms with E-state index >= 15 is 0 Å². The van der Waals surface area contributed by atoms with Gasteiger partial charge in [-0.1, -0.05) is 78.3 Å². The van der Waals surface area contributed by atoms with Gasteiger partial charge >= 0.3 is 0 Å². The zero-order valence-electron chi connectivity index (χ0n) is 15.1. The molecule has 1 unspecified atom stereocenters. The van der Waals surface area contributed by atoms with Gasteiger partial charge < -0.3 is 10.2 Å². The molecule has 0 aliphatic carbocycles. The fourth-order valence-corrected chi connectivity index (χ4v) is 3.72. The van der Waals surface area contributed by atoms with Crippen LogP contribution in [0, 0.1) is 0 Å². The van der Waals surface area contributed by atoms with Crippen molar-refractivity contribution >= 4 is 23.4 Å². The number of benzene rings is 3. The molecule has 3 aromatic carbocycles. The van der Waals surface area contributed by atoms with E-state index in [0.29, 0.717) is 23.7 Å². The van der Waals surface area contributed by atoms with Crippen LogP contribution in [-0.4, -0.2) is 16.7 Å². The molecule has 140 valence electrons. The van der Waals surface area contributed by atoms with Crippen LogP contribution in [0.1, 0.15) is 33.1 Å². The summed E-state index contributed by atoms with van der Waals surface area (Å²) in [5, 5.41) is 3.55. The molecular weight excluding hydrogens is 372 g/mol. The van der Waals surface area contributed by atoms with Gasteiger partial charge in [-0.15, -0.1) is 0 Å². The molecule has 0 fully saturated rings. The molecule has 0 aromatic heterocycles. The average Bonchev–Trinajstić information content (AvgIpc) is 3.05. The number of carbonyl (C=O) groups is 2. The van der Waals surface area contributed by atoms with Crippen molar-refractivity contribution in [2.45, 2.75) is 19.1 Å². The summed E-state index contributed by atoms with van der Waals surface area (Å²) in [4.78, 5) is 27.8. The van der Waals surface area contributed by atoms with Gasteiger partial charge in [0.25, 0.3) is 5.91 Å². The number of nitrogens with one attached hydrogen (secondary N) is 1. The van der Waals surface area contributed by atoms with E-state index in [1.807, 2.05) is 66.7 Å². The molecule has 1 aliphatic heterocycles. The van der Waals surface area contributed by atoms with E-state index in [1.54, 1.807) is 17.0 Å². The number of hydrogen-bond acceptors (Lipinski definition) is 2. The Bertz CT molecular complexity index is 1020. The SMILES string of the molecule is O=C(NCc1ccccc1Cl)C(c1ccccc1)N1Cc2ccccc2C1=O. The van der Waals surface area contributed by atoms with Gasteiger partial charge in [0.05, 0.1) is 0 Å². The molecule has 0 saturated carbocycles. The van der Waals surface area contributed by atoms with Crippen molar-refractivity contribution in [2.24, 2.45) is 0 Å². The number of nitrogens with zero attached hydrogens (tertiary/aromatic N) is 1. The van der Waals surface area contributed by atoms with Crippen LogP contribution in [-0.2, 0) is 17.9 Å². The first kappa shape index (κ1) is 18.3. The first-order chi connectivity index (χ1) is 13.6. The van der Waals surface area contributed by atoms with Crippen molar-refractivity contribution in [1.82, 2.24) is 10.2 Å². The molecule has 0 spiro atoms. The van der Waals surface area contributed by atoms with Gasteiger partial charge in [-0.05, 0) is 28.8 Å². The monoisotopic (exact) mass is 390 g/mol. The quantitative estimate of drug-likeness (QED) is 0.704. The first-order valence-electron chi connectivity index (χ1n) is 9.10. The first-order valence-corrected chi connectivity index (χ1v) is 9.48. The molecular formula is C23H19ClN2O2. The van der Waals surface area contributed by atoms with Crippen LogP contribution in [0.2, 0.25) is 5.02 Å². The maximum absolute atomic E-state index is 13.2. The third-order valence-corrected chi connectivity index (χ3v) is 5.30. The van der Waals surface area contributed by atoms with Gasteiger partial charge in [0.2, 0.25) is 5.91 Å². The Labute approximate surface area is 168 Å². The molecule has 1 atom stereocenters. The van der Waals surface area contributed by atoms with E-state index < -0.39 is 6.04 Å². The molecule has 1 aliphatic rings. The van der Waals surface area contributed by atoms with Crippen LogP contribution in [0.4, 0.5) is 0 Å². The largest absolute Gasteiger partial charge is 0.350 e. The van der Waals surface area contributed by atoms with Gasteiger partial charge in [0.1, 0.15) is 6.04 Å². The van der Waals surface area contributed by atoms with Crippen molar-refractivity contribution < 1.29 is 9.59 Å². The summed E-state index contributed by atoms with van der Waals surface area (Å²) in [7, 11) is 0. The van der Waals surface area contributed by atoms with Crippen LogP contribution in [0.5, 0.6) is 0 Å². The average molecular weight is 391 g/mol. The van der Waals surface area contributed by atoms with Crippen molar-refractivity contribution in [2.75, 3.05) is 0 Å². The number of amides is 2. The van der Waals surface area contributed by atoms with Crippen molar-refractivity contribution in [3.8, 4) is 0 Å².